The Labute approximate surface area is 166 Å². The summed E-state index contributed by atoms with van der Waals surface area (Å²) in [5.41, 5.74) is 2.12. The molecule has 0 atom stereocenters. The van der Waals surface area contributed by atoms with Gasteiger partial charge in [0, 0.05) is 5.56 Å². The van der Waals surface area contributed by atoms with Gasteiger partial charge in [0.15, 0.2) is 24.0 Å². The zero-order chi connectivity index (χ0) is 20.8. The molecule has 4 nitrogen and oxygen atoms in total. The minimum Gasteiger partial charge on any atom is -0.488 e. The van der Waals surface area contributed by atoms with Crippen LogP contribution in [0.1, 0.15) is 31.8 Å². The molecule has 3 aromatic carbocycles. The summed E-state index contributed by atoms with van der Waals surface area (Å²) in [4.78, 5) is 24.5. The van der Waals surface area contributed by atoms with Gasteiger partial charge in [0.1, 0.15) is 17.9 Å². The average molecular weight is 396 g/mol. The maximum Gasteiger partial charge on any atom is 0.342 e. The number of hydrogen-bond acceptors (Lipinski definition) is 4. The lowest BCUT2D eigenvalue weighted by atomic mass is 10.1. The van der Waals surface area contributed by atoms with E-state index in [1.54, 1.807) is 18.2 Å². The number of benzene rings is 3. The maximum absolute atomic E-state index is 13.3. The van der Waals surface area contributed by atoms with E-state index in [1.165, 1.54) is 6.07 Å². The molecule has 3 rings (SSSR count). The van der Waals surface area contributed by atoms with Crippen LogP contribution in [-0.4, -0.2) is 18.4 Å². The zero-order valence-corrected chi connectivity index (χ0v) is 15.7. The van der Waals surface area contributed by atoms with Gasteiger partial charge >= 0.3 is 5.97 Å². The third-order valence-electron chi connectivity index (χ3n) is 4.16. The van der Waals surface area contributed by atoms with Crippen LogP contribution in [0.4, 0.5) is 8.78 Å². The third kappa shape index (κ3) is 5.25. The van der Waals surface area contributed by atoms with E-state index in [1.807, 2.05) is 31.2 Å². The molecule has 0 aliphatic heterocycles. The van der Waals surface area contributed by atoms with Crippen LogP contribution in [0, 0.1) is 18.6 Å². The molecule has 0 N–H and O–H groups in total. The van der Waals surface area contributed by atoms with Gasteiger partial charge in [-0.25, -0.2) is 13.6 Å². The molecule has 0 saturated heterocycles. The SMILES string of the molecule is Cc1cccc(COc2ccccc2C(=O)OCC(=O)c2ccc(F)c(F)c2)c1. The molecule has 0 spiro atoms. The topological polar surface area (TPSA) is 52.6 Å². The van der Waals surface area contributed by atoms with E-state index in [0.717, 1.165) is 29.3 Å². The lowest BCUT2D eigenvalue weighted by Gasteiger charge is -2.11. The van der Waals surface area contributed by atoms with Crippen molar-refractivity contribution in [2.45, 2.75) is 13.5 Å². The second kappa shape index (κ2) is 9.10. The molecule has 0 amide bonds. The summed E-state index contributed by atoms with van der Waals surface area (Å²) < 4.78 is 37.0. The van der Waals surface area contributed by atoms with Gasteiger partial charge in [-0.15, -0.1) is 0 Å². The second-order valence-electron chi connectivity index (χ2n) is 6.40. The number of aryl methyl sites for hydroxylation is 1. The van der Waals surface area contributed by atoms with Crippen molar-refractivity contribution in [2.24, 2.45) is 0 Å². The van der Waals surface area contributed by atoms with E-state index in [9.17, 15) is 18.4 Å². The predicted octanol–water partition coefficient (Wildman–Crippen LogP) is 4.89. The van der Waals surface area contributed by atoms with Gasteiger partial charge in [-0.05, 0) is 42.8 Å². The van der Waals surface area contributed by atoms with Crippen molar-refractivity contribution in [3.63, 3.8) is 0 Å². The molecule has 0 aromatic heterocycles. The minimum absolute atomic E-state index is 0.0827. The van der Waals surface area contributed by atoms with Crippen LogP contribution in [0.25, 0.3) is 0 Å². The Kier molecular flexibility index (Phi) is 6.34. The first-order valence-corrected chi connectivity index (χ1v) is 8.87. The molecule has 0 fully saturated rings. The molecule has 0 unspecified atom stereocenters. The van der Waals surface area contributed by atoms with Crippen molar-refractivity contribution in [3.05, 3.63) is 101 Å². The van der Waals surface area contributed by atoms with Gasteiger partial charge in [-0.2, -0.15) is 0 Å². The molecular weight excluding hydrogens is 378 g/mol. The van der Waals surface area contributed by atoms with Crippen LogP contribution in [0.2, 0.25) is 0 Å². The van der Waals surface area contributed by atoms with E-state index >= 15 is 0 Å². The number of carbonyl (C=O) groups is 2. The highest BCUT2D eigenvalue weighted by molar-refractivity contribution is 5.99. The van der Waals surface area contributed by atoms with Crippen molar-refractivity contribution in [1.29, 1.82) is 0 Å². The van der Waals surface area contributed by atoms with E-state index in [2.05, 4.69) is 0 Å². The number of Topliss-reactive ketones (excluding diaryl/α,β-unsaturated/α-hetero) is 1. The smallest absolute Gasteiger partial charge is 0.342 e. The number of para-hydroxylation sites is 1. The largest absolute Gasteiger partial charge is 0.488 e. The zero-order valence-electron chi connectivity index (χ0n) is 15.7. The number of carbonyl (C=O) groups excluding carboxylic acids is 2. The monoisotopic (exact) mass is 396 g/mol. The number of halogens is 2. The van der Waals surface area contributed by atoms with Gasteiger partial charge in [0.25, 0.3) is 0 Å². The van der Waals surface area contributed by atoms with E-state index < -0.39 is 30.0 Å². The summed E-state index contributed by atoms with van der Waals surface area (Å²) >= 11 is 0. The molecule has 0 aliphatic rings. The Hall–Kier alpha value is -3.54. The Morgan fingerprint density at radius 2 is 1.69 bits per heavy atom. The number of rotatable bonds is 7. The molecule has 0 saturated carbocycles. The van der Waals surface area contributed by atoms with E-state index in [-0.39, 0.29) is 17.7 Å². The van der Waals surface area contributed by atoms with Gasteiger partial charge in [-0.3, -0.25) is 4.79 Å². The molecule has 0 radical (unpaired) electrons. The lowest BCUT2D eigenvalue weighted by molar-refractivity contribution is 0.0470. The van der Waals surface area contributed by atoms with Crippen molar-refractivity contribution in [3.8, 4) is 5.75 Å². The molecule has 0 bridgehead atoms. The van der Waals surface area contributed by atoms with Crippen molar-refractivity contribution < 1.29 is 27.8 Å². The van der Waals surface area contributed by atoms with Crippen LogP contribution in [0.15, 0.2) is 66.7 Å². The van der Waals surface area contributed by atoms with Crippen LogP contribution in [0.3, 0.4) is 0 Å². The Morgan fingerprint density at radius 3 is 2.45 bits per heavy atom. The number of hydrogen-bond donors (Lipinski definition) is 0. The normalized spacial score (nSPS) is 10.4. The summed E-state index contributed by atoms with van der Waals surface area (Å²) in [6.07, 6.45) is 0. The lowest BCUT2D eigenvalue weighted by Crippen LogP contribution is -2.15. The molecule has 29 heavy (non-hydrogen) atoms. The first kappa shape index (κ1) is 20.2. The summed E-state index contributed by atoms with van der Waals surface area (Å²) in [7, 11) is 0. The summed E-state index contributed by atoms with van der Waals surface area (Å²) in [6.45, 7) is 1.63. The highest BCUT2D eigenvalue weighted by atomic mass is 19.2. The predicted molar refractivity (Wildman–Crippen MR) is 103 cm³/mol. The maximum atomic E-state index is 13.3. The second-order valence-corrected chi connectivity index (χ2v) is 6.40. The van der Waals surface area contributed by atoms with E-state index in [0.29, 0.717) is 5.75 Å². The molecule has 148 valence electrons. The van der Waals surface area contributed by atoms with Crippen LogP contribution < -0.4 is 4.74 Å². The van der Waals surface area contributed by atoms with Gasteiger partial charge in [0.05, 0.1) is 0 Å². The molecule has 3 aromatic rings. The average Bonchev–Trinajstić information content (AvgIpc) is 2.72. The summed E-state index contributed by atoms with van der Waals surface area (Å²) in [6, 6.07) is 17.0. The highest BCUT2D eigenvalue weighted by Crippen LogP contribution is 2.21. The fourth-order valence-corrected chi connectivity index (χ4v) is 2.69. The molecule has 0 heterocycles. The highest BCUT2D eigenvalue weighted by Gasteiger charge is 2.17. The van der Waals surface area contributed by atoms with E-state index in [4.69, 9.17) is 9.47 Å². The van der Waals surface area contributed by atoms with Gasteiger partial charge in [0.2, 0.25) is 0 Å². The first-order valence-electron chi connectivity index (χ1n) is 8.87. The van der Waals surface area contributed by atoms with Gasteiger partial charge in [-0.1, -0.05) is 42.0 Å². The third-order valence-corrected chi connectivity index (χ3v) is 4.16. The Balaban J connectivity index is 1.64. The van der Waals surface area contributed by atoms with Crippen LogP contribution in [0.5, 0.6) is 5.75 Å². The Morgan fingerprint density at radius 1 is 0.897 bits per heavy atom. The number of ether oxygens (including phenoxy) is 2. The fraction of sp³-hybridized carbons (Fsp3) is 0.130. The molecule has 6 heteroatoms. The van der Waals surface area contributed by atoms with Crippen LogP contribution >= 0.6 is 0 Å². The van der Waals surface area contributed by atoms with Crippen molar-refractivity contribution in [1.82, 2.24) is 0 Å². The quantitative estimate of drug-likeness (QED) is 0.421. The standard InChI is InChI=1S/C23H18F2O4/c1-15-5-4-6-16(11-15)13-28-22-8-3-2-7-18(22)23(27)29-14-21(26)17-9-10-19(24)20(25)12-17/h2-12H,13-14H2,1H3. The molecule has 0 aliphatic carbocycles. The first-order chi connectivity index (χ1) is 13.9. The van der Waals surface area contributed by atoms with Crippen LogP contribution in [-0.2, 0) is 11.3 Å². The van der Waals surface area contributed by atoms with Gasteiger partial charge < -0.3 is 9.47 Å². The summed E-state index contributed by atoms with van der Waals surface area (Å²) in [5, 5.41) is 0. The van der Waals surface area contributed by atoms with Crippen molar-refractivity contribution in [2.75, 3.05) is 6.61 Å². The number of ketones is 1. The summed E-state index contributed by atoms with van der Waals surface area (Å²) in [5.74, 6) is -3.27. The Bertz CT molecular complexity index is 1050. The minimum atomic E-state index is -1.14. The fourth-order valence-electron chi connectivity index (χ4n) is 2.69. The van der Waals surface area contributed by atoms with Crippen molar-refractivity contribution >= 4 is 11.8 Å². The number of esters is 1. The molecular formula is C23H18F2O4.